The molecule has 3 nitrogen and oxygen atoms in total. The summed E-state index contributed by atoms with van der Waals surface area (Å²) in [6, 6.07) is 3.75. The fraction of sp³-hybridized carbons (Fsp3) is 0.455. The van der Waals surface area contributed by atoms with Crippen molar-refractivity contribution in [1.82, 2.24) is 0 Å². The van der Waals surface area contributed by atoms with Crippen LogP contribution in [0.2, 0.25) is 5.02 Å². The van der Waals surface area contributed by atoms with Crippen molar-refractivity contribution in [3.63, 3.8) is 0 Å². The van der Waals surface area contributed by atoms with Gasteiger partial charge in [-0.05, 0) is 24.5 Å². The number of halogens is 1. The largest absolute Gasteiger partial charge is 0.493 e. The Morgan fingerprint density at radius 1 is 1.27 bits per heavy atom. The zero-order valence-electron chi connectivity index (χ0n) is 8.84. The Kier molecular flexibility index (Phi) is 2.52. The Morgan fingerprint density at radius 2 is 1.93 bits per heavy atom. The summed E-state index contributed by atoms with van der Waals surface area (Å²) in [5.74, 6) is 1.20. The fourth-order valence-corrected chi connectivity index (χ4v) is 2.10. The van der Waals surface area contributed by atoms with E-state index in [0.717, 1.165) is 18.4 Å². The van der Waals surface area contributed by atoms with Crippen molar-refractivity contribution in [2.75, 3.05) is 14.2 Å². The van der Waals surface area contributed by atoms with E-state index < -0.39 is 0 Å². The van der Waals surface area contributed by atoms with Crippen LogP contribution in [-0.2, 0) is 5.54 Å². The van der Waals surface area contributed by atoms with Crippen LogP contribution < -0.4 is 15.2 Å². The Balaban J connectivity index is 2.51. The summed E-state index contributed by atoms with van der Waals surface area (Å²) < 4.78 is 10.4. The van der Waals surface area contributed by atoms with E-state index in [9.17, 15) is 0 Å². The molecule has 0 radical (unpaired) electrons. The predicted octanol–water partition coefficient (Wildman–Crippen LogP) is 2.31. The summed E-state index contributed by atoms with van der Waals surface area (Å²) in [6.45, 7) is 0. The van der Waals surface area contributed by atoms with Crippen LogP contribution in [0.15, 0.2) is 12.1 Å². The van der Waals surface area contributed by atoms with Crippen molar-refractivity contribution in [3.8, 4) is 11.5 Å². The maximum atomic E-state index is 6.23. The molecular weight excluding hydrogens is 214 g/mol. The molecule has 0 bridgehead atoms. The second-order valence-electron chi connectivity index (χ2n) is 3.82. The topological polar surface area (TPSA) is 44.5 Å². The molecule has 82 valence electrons. The van der Waals surface area contributed by atoms with Crippen molar-refractivity contribution >= 4 is 11.6 Å². The third-order valence-corrected chi connectivity index (χ3v) is 3.19. The van der Waals surface area contributed by atoms with Gasteiger partial charge in [-0.3, -0.25) is 0 Å². The minimum Gasteiger partial charge on any atom is -0.493 e. The minimum absolute atomic E-state index is 0.253. The third-order valence-electron chi connectivity index (χ3n) is 2.81. The van der Waals surface area contributed by atoms with Gasteiger partial charge in [0.1, 0.15) is 0 Å². The first-order valence-corrected chi connectivity index (χ1v) is 5.20. The number of hydrogen-bond donors (Lipinski definition) is 1. The molecule has 1 fully saturated rings. The number of methoxy groups -OCH3 is 2. The van der Waals surface area contributed by atoms with Crippen LogP contribution in [0.5, 0.6) is 11.5 Å². The molecule has 1 aromatic carbocycles. The Labute approximate surface area is 94.1 Å². The molecule has 0 atom stereocenters. The van der Waals surface area contributed by atoms with Gasteiger partial charge in [-0.25, -0.2) is 0 Å². The van der Waals surface area contributed by atoms with Crippen molar-refractivity contribution in [2.45, 2.75) is 18.4 Å². The summed E-state index contributed by atoms with van der Waals surface area (Å²) in [5, 5.41) is 0.567. The smallest absolute Gasteiger partial charge is 0.179 e. The molecular formula is C11H14ClNO2. The van der Waals surface area contributed by atoms with Crippen LogP contribution in [0.3, 0.4) is 0 Å². The Morgan fingerprint density at radius 3 is 2.40 bits per heavy atom. The van der Waals surface area contributed by atoms with E-state index in [1.165, 1.54) is 0 Å². The molecule has 1 aliphatic rings. The maximum absolute atomic E-state index is 6.23. The first kappa shape index (κ1) is 10.6. The number of nitrogens with two attached hydrogens (primary N) is 1. The van der Waals surface area contributed by atoms with E-state index in [1.807, 2.05) is 12.1 Å². The van der Waals surface area contributed by atoms with Crippen LogP contribution in [0.25, 0.3) is 0 Å². The van der Waals surface area contributed by atoms with Gasteiger partial charge >= 0.3 is 0 Å². The van der Waals surface area contributed by atoms with E-state index in [2.05, 4.69) is 0 Å². The van der Waals surface area contributed by atoms with Crippen molar-refractivity contribution in [3.05, 3.63) is 22.7 Å². The first-order chi connectivity index (χ1) is 7.12. The zero-order valence-corrected chi connectivity index (χ0v) is 9.60. The average molecular weight is 228 g/mol. The van der Waals surface area contributed by atoms with E-state index in [1.54, 1.807) is 14.2 Å². The normalized spacial score (nSPS) is 17.3. The molecule has 2 rings (SSSR count). The highest BCUT2D eigenvalue weighted by Crippen LogP contribution is 2.49. The fourth-order valence-electron chi connectivity index (χ4n) is 1.68. The molecule has 2 N–H and O–H groups in total. The van der Waals surface area contributed by atoms with Gasteiger partial charge in [0.2, 0.25) is 0 Å². The van der Waals surface area contributed by atoms with Crippen molar-refractivity contribution in [2.24, 2.45) is 5.73 Å². The summed E-state index contributed by atoms with van der Waals surface area (Å²) >= 11 is 6.23. The summed E-state index contributed by atoms with van der Waals surface area (Å²) in [7, 11) is 3.16. The first-order valence-electron chi connectivity index (χ1n) is 4.82. The maximum Gasteiger partial charge on any atom is 0.179 e. The lowest BCUT2D eigenvalue weighted by molar-refractivity contribution is 0.354. The highest BCUT2D eigenvalue weighted by atomic mass is 35.5. The standard InChI is InChI=1S/C11H14ClNO2/c1-14-8-4-3-7(11(13)5-6-11)9(12)10(8)15-2/h3-4H,5-6,13H2,1-2H3. The highest BCUT2D eigenvalue weighted by molar-refractivity contribution is 6.33. The Bertz CT molecular complexity index is 388. The lowest BCUT2D eigenvalue weighted by atomic mass is 10.1. The number of benzene rings is 1. The highest BCUT2D eigenvalue weighted by Gasteiger charge is 2.42. The Hall–Kier alpha value is -0.930. The zero-order chi connectivity index (χ0) is 11.1. The van der Waals surface area contributed by atoms with Crippen molar-refractivity contribution in [1.29, 1.82) is 0 Å². The van der Waals surface area contributed by atoms with Crippen LogP contribution in [0.1, 0.15) is 18.4 Å². The summed E-state index contributed by atoms with van der Waals surface area (Å²) in [4.78, 5) is 0. The van der Waals surface area contributed by atoms with Gasteiger partial charge in [-0.2, -0.15) is 0 Å². The monoisotopic (exact) mass is 227 g/mol. The molecule has 0 aromatic heterocycles. The number of hydrogen-bond acceptors (Lipinski definition) is 3. The summed E-state index contributed by atoms with van der Waals surface area (Å²) in [6.07, 6.45) is 1.95. The SMILES string of the molecule is COc1ccc(C2(N)CC2)c(Cl)c1OC. The predicted molar refractivity (Wildman–Crippen MR) is 59.7 cm³/mol. The molecule has 0 saturated heterocycles. The van der Waals surface area contributed by atoms with E-state index in [0.29, 0.717) is 16.5 Å². The van der Waals surface area contributed by atoms with Gasteiger partial charge in [0, 0.05) is 5.54 Å². The molecule has 0 heterocycles. The molecule has 4 heteroatoms. The van der Waals surface area contributed by atoms with Gasteiger partial charge in [-0.15, -0.1) is 0 Å². The van der Waals surface area contributed by atoms with Gasteiger partial charge < -0.3 is 15.2 Å². The molecule has 1 aromatic rings. The number of ether oxygens (including phenoxy) is 2. The molecule has 0 spiro atoms. The molecule has 0 amide bonds. The number of rotatable bonds is 3. The second-order valence-corrected chi connectivity index (χ2v) is 4.20. The second kappa shape index (κ2) is 3.58. The van der Waals surface area contributed by atoms with Crippen LogP contribution in [0, 0.1) is 0 Å². The lowest BCUT2D eigenvalue weighted by Crippen LogP contribution is -2.19. The molecule has 0 unspecified atom stereocenters. The van der Waals surface area contributed by atoms with Crippen molar-refractivity contribution < 1.29 is 9.47 Å². The van der Waals surface area contributed by atoms with E-state index >= 15 is 0 Å². The quantitative estimate of drug-likeness (QED) is 0.862. The molecule has 1 aliphatic carbocycles. The lowest BCUT2D eigenvalue weighted by Gasteiger charge is -2.16. The van der Waals surface area contributed by atoms with Gasteiger partial charge in [0.05, 0.1) is 19.2 Å². The van der Waals surface area contributed by atoms with Crippen LogP contribution in [0.4, 0.5) is 0 Å². The molecule has 0 aliphatic heterocycles. The third kappa shape index (κ3) is 1.66. The molecule has 1 saturated carbocycles. The van der Waals surface area contributed by atoms with Gasteiger partial charge in [0.25, 0.3) is 0 Å². The van der Waals surface area contributed by atoms with E-state index in [4.69, 9.17) is 26.8 Å². The summed E-state index contributed by atoms with van der Waals surface area (Å²) in [5.41, 5.74) is 6.80. The van der Waals surface area contributed by atoms with E-state index in [-0.39, 0.29) is 5.54 Å². The minimum atomic E-state index is -0.253. The van der Waals surface area contributed by atoms with Gasteiger partial charge in [0.15, 0.2) is 11.5 Å². The van der Waals surface area contributed by atoms with Gasteiger partial charge in [-0.1, -0.05) is 17.7 Å². The molecule has 15 heavy (non-hydrogen) atoms. The average Bonchev–Trinajstić information content (AvgIpc) is 2.96. The van der Waals surface area contributed by atoms with Crippen LogP contribution >= 0.6 is 11.6 Å². The van der Waals surface area contributed by atoms with Crippen LogP contribution in [-0.4, -0.2) is 14.2 Å².